The summed E-state index contributed by atoms with van der Waals surface area (Å²) in [6, 6.07) is 10.9. The van der Waals surface area contributed by atoms with E-state index in [1.807, 2.05) is 6.92 Å². The summed E-state index contributed by atoms with van der Waals surface area (Å²) in [7, 11) is 0. The number of furan rings is 1. The highest BCUT2D eigenvalue weighted by atomic mass is 19.4. The van der Waals surface area contributed by atoms with E-state index in [1.54, 1.807) is 24.3 Å². The molecule has 0 bridgehead atoms. The van der Waals surface area contributed by atoms with Crippen LogP contribution in [0.5, 0.6) is 0 Å². The normalized spacial score (nSPS) is 11.7. The molecule has 3 aromatic heterocycles. The van der Waals surface area contributed by atoms with Gasteiger partial charge in [0.2, 0.25) is 0 Å². The number of aryl methyl sites for hydroxylation is 1. The van der Waals surface area contributed by atoms with Gasteiger partial charge in [-0.1, -0.05) is 17.7 Å². The summed E-state index contributed by atoms with van der Waals surface area (Å²) in [5, 5.41) is 6.37. The van der Waals surface area contributed by atoms with Crippen LogP contribution in [0, 0.1) is 6.92 Å². The number of carbonyl (C=O) groups excluding carboxylic acids is 1. The van der Waals surface area contributed by atoms with Crippen molar-refractivity contribution >= 4 is 17.2 Å². The summed E-state index contributed by atoms with van der Waals surface area (Å²) in [4.78, 5) is 16.8. The predicted molar refractivity (Wildman–Crippen MR) is 94.8 cm³/mol. The Balaban J connectivity index is 1.82. The number of aromatic nitrogens is 3. The van der Waals surface area contributed by atoms with Crippen molar-refractivity contribution in [2.24, 2.45) is 0 Å². The van der Waals surface area contributed by atoms with Crippen LogP contribution in [0.15, 0.2) is 59.3 Å². The highest BCUT2D eigenvalue weighted by Crippen LogP contribution is 2.33. The highest BCUT2D eigenvalue weighted by Gasteiger charge is 2.36. The molecule has 1 aromatic carbocycles. The molecule has 3 heterocycles. The van der Waals surface area contributed by atoms with Gasteiger partial charge in [0.05, 0.1) is 12.5 Å². The van der Waals surface area contributed by atoms with E-state index < -0.39 is 17.8 Å². The van der Waals surface area contributed by atoms with E-state index in [0.29, 0.717) is 10.2 Å². The van der Waals surface area contributed by atoms with Crippen LogP contribution in [0.2, 0.25) is 0 Å². The number of nitrogens with one attached hydrogen (secondary N) is 1. The molecule has 0 radical (unpaired) electrons. The van der Waals surface area contributed by atoms with Crippen molar-refractivity contribution in [1.82, 2.24) is 14.6 Å². The first-order chi connectivity index (χ1) is 13.3. The number of fused-ring (bicyclic) bond motifs is 1. The average molecular weight is 386 g/mol. The van der Waals surface area contributed by atoms with E-state index >= 15 is 0 Å². The molecule has 1 amide bonds. The molecule has 0 saturated heterocycles. The summed E-state index contributed by atoms with van der Waals surface area (Å²) < 4.78 is 46.3. The Bertz CT molecular complexity index is 1150. The fraction of sp³-hybridized carbons (Fsp3) is 0.105. The summed E-state index contributed by atoms with van der Waals surface area (Å²) in [6.07, 6.45) is -2.30. The van der Waals surface area contributed by atoms with Crippen LogP contribution in [0.4, 0.5) is 18.9 Å². The lowest BCUT2D eigenvalue weighted by Gasteiger charge is -2.10. The molecule has 0 unspecified atom stereocenters. The van der Waals surface area contributed by atoms with Gasteiger partial charge in [0, 0.05) is 5.69 Å². The van der Waals surface area contributed by atoms with Gasteiger partial charge in [0.15, 0.2) is 17.1 Å². The van der Waals surface area contributed by atoms with Crippen LogP contribution < -0.4 is 5.32 Å². The largest absolute Gasteiger partial charge is 0.463 e. The molecule has 9 heteroatoms. The maximum atomic E-state index is 13.5. The van der Waals surface area contributed by atoms with Gasteiger partial charge < -0.3 is 9.73 Å². The Hall–Kier alpha value is -3.62. The van der Waals surface area contributed by atoms with Crippen molar-refractivity contribution < 1.29 is 22.4 Å². The fourth-order valence-corrected chi connectivity index (χ4v) is 2.71. The number of hydrogen-bond acceptors (Lipinski definition) is 4. The van der Waals surface area contributed by atoms with Crippen molar-refractivity contribution in [1.29, 1.82) is 0 Å². The number of nitrogens with zero attached hydrogens (tertiary/aromatic N) is 3. The van der Waals surface area contributed by atoms with Crippen LogP contribution in [-0.4, -0.2) is 20.5 Å². The molecule has 6 nitrogen and oxygen atoms in total. The van der Waals surface area contributed by atoms with Gasteiger partial charge in [0.1, 0.15) is 11.3 Å². The van der Waals surface area contributed by atoms with Crippen molar-refractivity contribution in [3.63, 3.8) is 0 Å². The molecule has 0 spiro atoms. The van der Waals surface area contributed by atoms with Gasteiger partial charge in [-0.05, 0) is 37.3 Å². The molecular formula is C19H13F3N4O2. The van der Waals surface area contributed by atoms with E-state index in [4.69, 9.17) is 4.42 Å². The van der Waals surface area contributed by atoms with Crippen LogP contribution in [0.25, 0.3) is 17.1 Å². The lowest BCUT2D eigenvalue weighted by Crippen LogP contribution is -2.15. The van der Waals surface area contributed by atoms with Crippen LogP contribution in [0.3, 0.4) is 0 Å². The molecule has 4 rings (SSSR count). The lowest BCUT2D eigenvalue weighted by molar-refractivity contribution is -0.142. The van der Waals surface area contributed by atoms with Crippen LogP contribution in [-0.2, 0) is 6.18 Å². The Labute approximate surface area is 156 Å². The van der Waals surface area contributed by atoms with E-state index in [1.165, 1.54) is 18.4 Å². The smallest absolute Gasteiger partial charge is 0.433 e. The minimum absolute atomic E-state index is 0.0466. The van der Waals surface area contributed by atoms with E-state index in [2.05, 4.69) is 15.4 Å². The average Bonchev–Trinajstić information content (AvgIpc) is 3.31. The standard InChI is InChI=1S/C19H13F3N4O2/c1-11-4-6-12(7-5-11)24-18(27)13-10-23-26-16(19(20,21)22)9-14(25-17(13)26)15-3-2-8-28-15/h2-10H,1H3,(H,24,27). The number of rotatable bonds is 3. The Morgan fingerprint density at radius 3 is 2.57 bits per heavy atom. The number of benzene rings is 1. The van der Waals surface area contributed by atoms with Crippen molar-refractivity contribution in [2.75, 3.05) is 5.32 Å². The summed E-state index contributed by atoms with van der Waals surface area (Å²) >= 11 is 0. The molecule has 0 aliphatic carbocycles. The number of amides is 1. The Morgan fingerprint density at radius 2 is 1.93 bits per heavy atom. The summed E-state index contributed by atoms with van der Waals surface area (Å²) in [6.45, 7) is 1.90. The van der Waals surface area contributed by atoms with Crippen molar-refractivity contribution in [2.45, 2.75) is 13.1 Å². The molecule has 0 aliphatic rings. The van der Waals surface area contributed by atoms with Gasteiger partial charge in [-0.3, -0.25) is 4.79 Å². The second-order valence-electron chi connectivity index (χ2n) is 6.12. The lowest BCUT2D eigenvalue weighted by atomic mass is 10.2. The first-order valence-electron chi connectivity index (χ1n) is 8.21. The third-order valence-corrected chi connectivity index (χ3v) is 4.09. The Kier molecular flexibility index (Phi) is 4.14. The zero-order chi connectivity index (χ0) is 19.9. The zero-order valence-corrected chi connectivity index (χ0v) is 14.5. The maximum Gasteiger partial charge on any atom is 0.433 e. The summed E-state index contributed by atoms with van der Waals surface area (Å²) in [5.41, 5.74) is 0.111. The topological polar surface area (TPSA) is 72.4 Å². The number of anilines is 1. The first-order valence-corrected chi connectivity index (χ1v) is 8.21. The molecular weight excluding hydrogens is 373 g/mol. The van der Waals surface area contributed by atoms with Crippen molar-refractivity contribution in [3.05, 3.63) is 71.7 Å². The van der Waals surface area contributed by atoms with E-state index in [0.717, 1.165) is 17.8 Å². The monoisotopic (exact) mass is 386 g/mol. The van der Waals surface area contributed by atoms with Gasteiger partial charge in [0.25, 0.3) is 5.91 Å². The van der Waals surface area contributed by atoms with Gasteiger partial charge >= 0.3 is 6.18 Å². The van der Waals surface area contributed by atoms with Gasteiger partial charge in [-0.15, -0.1) is 0 Å². The molecule has 142 valence electrons. The molecule has 0 aliphatic heterocycles. The van der Waals surface area contributed by atoms with Gasteiger partial charge in [-0.25, -0.2) is 9.50 Å². The quantitative estimate of drug-likeness (QED) is 0.560. The fourth-order valence-electron chi connectivity index (χ4n) is 2.71. The first kappa shape index (κ1) is 17.8. The SMILES string of the molecule is Cc1ccc(NC(=O)c2cnn3c(C(F)(F)F)cc(-c4ccco4)nc23)cc1. The van der Waals surface area contributed by atoms with Crippen molar-refractivity contribution in [3.8, 4) is 11.5 Å². The zero-order valence-electron chi connectivity index (χ0n) is 14.5. The molecule has 0 saturated carbocycles. The number of halogens is 3. The minimum Gasteiger partial charge on any atom is -0.463 e. The molecule has 1 N–H and O–H groups in total. The van der Waals surface area contributed by atoms with Gasteiger partial charge in [-0.2, -0.15) is 18.3 Å². The highest BCUT2D eigenvalue weighted by molar-refractivity contribution is 6.08. The maximum absolute atomic E-state index is 13.5. The second-order valence-corrected chi connectivity index (χ2v) is 6.12. The third kappa shape index (κ3) is 3.22. The third-order valence-electron chi connectivity index (χ3n) is 4.09. The predicted octanol–water partition coefficient (Wildman–Crippen LogP) is 4.57. The summed E-state index contributed by atoms with van der Waals surface area (Å²) in [5.74, 6) is -0.463. The second kappa shape index (κ2) is 6.52. The van der Waals surface area contributed by atoms with Crippen LogP contribution >= 0.6 is 0 Å². The Morgan fingerprint density at radius 1 is 1.18 bits per heavy atom. The minimum atomic E-state index is -4.70. The molecule has 28 heavy (non-hydrogen) atoms. The molecule has 4 aromatic rings. The molecule has 0 atom stereocenters. The molecule has 0 fully saturated rings. The van der Waals surface area contributed by atoms with E-state index in [9.17, 15) is 18.0 Å². The van der Waals surface area contributed by atoms with Crippen LogP contribution in [0.1, 0.15) is 21.6 Å². The number of hydrogen-bond donors (Lipinski definition) is 1. The number of alkyl halides is 3. The number of carbonyl (C=O) groups is 1. The van der Waals surface area contributed by atoms with E-state index in [-0.39, 0.29) is 22.7 Å².